The maximum atomic E-state index is 12.5. The third kappa shape index (κ3) is 5.05. The van der Waals surface area contributed by atoms with Gasteiger partial charge in [0.25, 0.3) is 5.91 Å². The minimum Gasteiger partial charge on any atom is -0.456 e. The van der Waals surface area contributed by atoms with Gasteiger partial charge in [0.1, 0.15) is 11.5 Å². The molecule has 138 valence electrons. The number of anilines is 1. The Morgan fingerprint density at radius 3 is 2.48 bits per heavy atom. The Labute approximate surface area is 171 Å². The minimum atomic E-state index is -0.199. The predicted octanol–water partition coefficient (Wildman–Crippen LogP) is 5.19. The number of aryl methyl sites for hydroxylation is 1. The number of pyridine rings is 1. The molecule has 27 heavy (non-hydrogen) atoms. The van der Waals surface area contributed by atoms with Crippen LogP contribution in [0.15, 0.2) is 60.7 Å². The number of nitrogens with zero attached hydrogens (tertiary/aromatic N) is 1. The smallest absolute Gasteiger partial charge is 0.257 e. The van der Waals surface area contributed by atoms with Gasteiger partial charge in [0.15, 0.2) is 0 Å². The quantitative estimate of drug-likeness (QED) is 0.500. The van der Waals surface area contributed by atoms with Crippen molar-refractivity contribution in [3.63, 3.8) is 0 Å². The molecule has 0 aliphatic rings. The van der Waals surface area contributed by atoms with Crippen molar-refractivity contribution in [3.8, 4) is 11.5 Å². The van der Waals surface area contributed by atoms with Crippen LogP contribution >= 0.6 is 22.6 Å². The molecule has 0 aliphatic heterocycles. The van der Waals surface area contributed by atoms with Crippen LogP contribution in [0.3, 0.4) is 0 Å². The van der Waals surface area contributed by atoms with Gasteiger partial charge in [-0.3, -0.25) is 9.78 Å². The molecular weight excluding hydrogens is 455 g/mol. The molecule has 0 atom stereocenters. The van der Waals surface area contributed by atoms with Gasteiger partial charge in [-0.15, -0.1) is 0 Å². The third-order valence-corrected chi connectivity index (χ3v) is 4.75. The number of halogens is 1. The first-order valence-corrected chi connectivity index (χ1v) is 9.44. The molecule has 0 saturated heterocycles. The van der Waals surface area contributed by atoms with Crippen LogP contribution < -0.4 is 10.1 Å². The van der Waals surface area contributed by atoms with Crippen LogP contribution in [0.2, 0.25) is 0 Å². The SMILES string of the molecule is COCc1ccc(C(=O)Nc2ccc(Oc3ccccc3I)cc2)c(C)n1. The molecule has 2 aromatic carbocycles. The van der Waals surface area contributed by atoms with E-state index < -0.39 is 0 Å². The standard InChI is InChI=1S/C21H19IN2O3/c1-14-18(12-9-16(23-14)13-26-2)21(25)24-15-7-10-17(11-8-15)27-20-6-4-3-5-19(20)22/h3-12H,13H2,1-2H3,(H,24,25). The Balaban J connectivity index is 1.67. The highest BCUT2D eigenvalue weighted by atomic mass is 127. The summed E-state index contributed by atoms with van der Waals surface area (Å²) in [4.78, 5) is 16.9. The fraction of sp³-hybridized carbons (Fsp3) is 0.143. The molecule has 0 fully saturated rings. The molecule has 1 heterocycles. The second-order valence-corrected chi connectivity index (χ2v) is 7.04. The zero-order valence-corrected chi connectivity index (χ0v) is 17.2. The van der Waals surface area contributed by atoms with Gasteiger partial charge in [0.05, 0.1) is 27.1 Å². The van der Waals surface area contributed by atoms with Crippen molar-refractivity contribution < 1.29 is 14.3 Å². The average Bonchev–Trinajstić information content (AvgIpc) is 2.65. The molecule has 3 rings (SSSR count). The molecule has 5 nitrogen and oxygen atoms in total. The summed E-state index contributed by atoms with van der Waals surface area (Å²) in [6, 6.07) is 18.6. The first-order valence-electron chi connectivity index (χ1n) is 8.36. The van der Waals surface area contributed by atoms with E-state index in [1.165, 1.54) is 0 Å². The summed E-state index contributed by atoms with van der Waals surface area (Å²) in [6.45, 7) is 2.23. The third-order valence-electron chi connectivity index (χ3n) is 3.86. The fourth-order valence-electron chi connectivity index (χ4n) is 2.54. The molecule has 0 aliphatic carbocycles. The maximum absolute atomic E-state index is 12.5. The average molecular weight is 474 g/mol. The van der Waals surface area contributed by atoms with E-state index in [1.54, 1.807) is 19.2 Å². The summed E-state index contributed by atoms with van der Waals surface area (Å²) in [7, 11) is 1.61. The minimum absolute atomic E-state index is 0.199. The zero-order chi connectivity index (χ0) is 19.2. The number of amides is 1. The van der Waals surface area contributed by atoms with E-state index >= 15 is 0 Å². The fourth-order valence-corrected chi connectivity index (χ4v) is 3.04. The van der Waals surface area contributed by atoms with Crippen LogP contribution in [0, 0.1) is 10.5 Å². The number of carbonyl (C=O) groups is 1. The van der Waals surface area contributed by atoms with Crippen molar-refractivity contribution in [3.05, 3.63) is 81.2 Å². The number of methoxy groups -OCH3 is 1. The number of benzene rings is 2. The number of hydrogen-bond acceptors (Lipinski definition) is 4. The molecule has 0 radical (unpaired) electrons. The van der Waals surface area contributed by atoms with Crippen LogP contribution in [-0.4, -0.2) is 18.0 Å². The van der Waals surface area contributed by atoms with E-state index in [1.807, 2.05) is 55.5 Å². The molecule has 1 aromatic heterocycles. The summed E-state index contributed by atoms with van der Waals surface area (Å²) in [5.41, 5.74) is 2.69. The van der Waals surface area contributed by atoms with Gasteiger partial charge >= 0.3 is 0 Å². The molecule has 0 saturated carbocycles. The molecule has 1 N–H and O–H groups in total. The number of carbonyl (C=O) groups excluding carboxylic acids is 1. The Kier molecular flexibility index (Phi) is 6.41. The molecule has 1 amide bonds. The van der Waals surface area contributed by atoms with Gasteiger partial charge in [-0.2, -0.15) is 0 Å². The van der Waals surface area contributed by atoms with Crippen molar-refractivity contribution in [2.45, 2.75) is 13.5 Å². The van der Waals surface area contributed by atoms with E-state index in [9.17, 15) is 4.79 Å². The summed E-state index contributed by atoms with van der Waals surface area (Å²) >= 11 is 2.23. The molecule has 0 spiro atoms. The highest BCUT2D eigenvalue weighted by Crippen LogP contribution is 2.27. The van der Waals surface area contributed by atoms with E-state index in [0.717, 1.165) is 15.0 Å². The lowest BCUT2D eigenvalue weighted by molar-refractivity contribution is 0.102. The summed E-state index contributed by atoms with van der Waals surface area (Å²) in [5.74, 6) is 1.31. The van der Waals surface area contributed by atoms with Crippen LogP contribution in [0.4, 0.5) is 5.69 Å². The van der Waals surface area contributed by atoms with E-state index in [2.05, 4.69) is 32.9 Å². The van der Waals surface area contributed by atoms with Gasteiger partial charge in [0.2, 0.25) is 0 Å². The predicted molar refractivity (Wildman–Crippen MR) is 113 cm³/mol. The van der Waals surface area contributed by atoms with Crippen molar-refractivity contribution in [2.75, 3.05) is 12.4 Å². The number of para-hydroxylation sites is 1. The Morgan fingerprint density at radius 1 is 1.07 bits per heavy atom. The monoisotopic (exact) mass is 474 g/mol. The van der Waals surface area contributed by atoms with E-state index in [0.29, 0.717) is 29.3 Å². The van der Waals surface area contributed by atoms with Crippen molar-refractivity contribution in [1.29, 1.82) is 0 Å². The Bertz CT molecular complexity index is 942. The summed E-state index contributed by atoms with van der Waals surface area (Å²) in [6.07, 6.45) is 0. The topological polar surface area (TPSA) is 60.5 Å². The second kappa shape index (κ2) is 8.96. The summed E-state index contributed by atoms with van der Waals surface area (Å²) < 4.78 is 12.0. The number of nitrogens with one attached hydrogen (secondary N) is 1. The second-order valence-electron chi connectivity index (χ2n) is 5.88. The van der Waals surface area contributed by atoms with Crippen LogP contribution in [0.5, 0.6) is 11.5 Å². The van der Waals surface area contributed by atoms with Crippen molar-refractivity contribution >= 4 is 34.2 Å². The number of aromatic nitrogens is 1. The normalized spacial score (nSPS) is 10.5. The lowest BCUT2D eigenvalue weighted by Gasteiger charge is -2.10. The lowest BCUT2D eigenvalue weighted by Crippen LogP contribution is -2.14. The van der Waals surface area contributed by atoms with Crippen molar-refractivity contribution in [1.82, 2.24) is 4.98 Å². The van der Waals surface area contributed by atoms with E-state index in [4.69, 9.17) is 9.47 Å². The summed E-state index contributed by atoms with van der Waals surface area (Å²) in [5, 5.41) is 2.89. The van der Waals surface area contributed by atoms with Crippen molar-refractivity contribution in [2.24, 2.45) is 0 Å². The van der Waals surface area contributed by atoms with Gasteiger partial charge in [0, 0.05) is 12.8 Å². The lowest BCUT2D eigenvalue weighted by atomic mass is 10.1. The number of ether oxygens (including phenoxy) is 2. The number of hydrogen-bond donors (Lipinski definition) is 1. The highest BCUT2D eigenvalue weighted by Gasteiger charge is 2.11. The first-order chi connectivity index (χ1) is 13.1. The molecule has 0 bridgehead atoms. The maximum Gasteiger partial charge on any atom is 0.257 e. The largest absolute Gasteiger partial charge is 0.456 e. The van der Waals surface area contributed by atoms with Crippen LogP contribution in [-0.2, 0) is 11.3 Å². The molecule has 6 heteroatoms. The Hall–Kier alpha value is -2.45. The zero-order valence-electron chi connectivity index (χ0n) is 15.0. The molecule has 3 aromatic rings. The number of rotatable bonds is 6. The van der Waals surface area contributed by atoms with Gasteiger partial charge in [-0.1, -0.05) is 12.1 Å². The first kappa shape index (κ1) is 19.3. The highest BCUT2D eigenvalue weighted by molar-refractivity contribution is 14.1. The Morgan fingerprint density at radius 2 is 1.81 bits per heavy atom. The van der Waals surface area contributed by atoms with Gasteiger partial charge < -0.3 is 14.8 Å². The van der Waals surface area contributed by atoms with Gasteiger partial charge in [-0.05, 0) is 78.0 Å². The van der Waals surface area contributed by atoms with Crippen LogP contribution in [0.1, 0.15) is 21.7 Å². The van der Waals surface area contributed by atoms with Gasteiger partial charge in [-0.25, -0.2) is 0 Å². The molecular formula is C21H19IN2O3. The molecule has 0 unspecified atom stereocenters. The van der Waals surface area contributed by atoms with E-state index in [-0.39, 0.29) is 5.91 Å². The van der Waals surface area contributed by atoms with Crippen LogP contribution in [0.25, 0.3) is 0 Å².